The van der Waals surface area contributed by atoms with Gasteiger partial charge in [-0.25, -0.2) is 0 Å². The van der Waals surface area contributed by atoms with Crippen LogP contribution in [0, 0.1) is 17.8 Å². The summed E-state index contributed by atoms with van der Waals surface area (Å²) in [4.78, 5) is 0. The van der Waals surface area contributed by atoms with Crippen LogP contribution in [-0.2, 0) is 11.8 Å². The average Bonchev–Trinajstić information content (AvgIpc) is 2.82. The second kappa shape index (κ2) is 6.72. The van der Waals surface area contributed by atoms with Crippen molar-refractivity contribution in [2.24, 2.45) is 30.5 Å². The van der Waals surface area contributed by atoms with Gasteiger partial charge in [-0.1, -0.05) is 27.2 Å². The van der Waals surface area contributed by atoms with Crippen molar-refractivity contribution in [2.75, 3.05) is 6.54 Å². The van der Waals surface area contributed by atoms with E-state index in [0.717, 1.165) is 17.9 Å². The van der Waals surface area contributed by atoms with Crippen molar-refractivity contribution in [3.63, 3.8) is 0 Å². The lowest BCUT2D eigenvalue weighted by Gasteiger charge is -2.38. The van der Waals surface area contributed by atoms with Crippen molar-refractivity contribution in [1.82, 2.24) is 9.78 Å². The lowest BCUT2D eigenvalue weighted by atomic mass is 9.75. The van der Waals surface area contributed by atoms with Gasteiger partial charge in [-0.3, -0.25) is 4.68 Å². The van der Waals surface area contributed by atoms with Crippen LogP contribution in [0.3, 0.4) is 0 Å². The zero-order chi connectivity index (χ0) is 14.7. The summed E-state index contributed by atoms with van der Waals surface area (Å²) in [6, 6.07) is 0. The first kappa shape index (κ1) is 15.5. The molecule has 2 N–H and O–H groups in total. The third kappa shape index (κ3) is 3.61. The SMILES string of the molecule is CC1CCC(C(C)C)C(OC(CN)c2cnn(C)c2)C1. The quantitative estimate of drug-likeness (QED) is 0.901. The number of rotatable bonds is 5. The highest BCUT2D eigenvalue weighted by Crippen LogP contribution is 2.37. The predicted molar refractivity (Wildman–Crippen MR) is 81.2 cm³/mol. The Bertz CT molecular complexity index is 416. The lowest BCUT2D eigenvalue weighted by molar-refractivity contribution is -0.0786. The summed E-state index contributed by atoms with van der Waals surface area (Å²) >= 11 is 0. The number of nitrogens with two attached hydrogens (primary N) is 1. The first-order valence-electron chi connectivity index (χ1n) is 7.85. The maximum atomic E-state index is 6.41. The molecule has 4 heteroatoms. The summed E-state index contributed by atoms with van der Waals surface area (Å²) in [6.07, 6.45) is 7.92. The Hall–Kier alpha value is -0.870. The van der Waals surface area contributed by atoms with Crippen LogP contribution in [0.2, 0.25) is 0 Å². The van der Waals surface area contributed by atoms with E-state index in [9.17, 15) is 0 Å². The van der Waals surface area contributed by atoms with E-state index in [2.05, 4.69) is 25.9 Å². The fourth-order valence-corrected chi connectivity index (χ4v) is 3.36. The number of aromatic nitrogens is 2. The lowest BCUT2D eigenvalue weighted by Crippen LogP contribution is -2.36. The van der Waals surface area contributed by atoms with Gasteiger partial charge in [-0.15, -0.1) is 0 Å². The third-order valence-electron chi connectivity index (χ3n) is 4.61. The molecule has 4 nitrogen and oxygen atoms in total. The van der Waals surface area contributed by atoms with Gasteiger partial charge in [-0.05, 0) is 30.6 Å². The Morgan fingerprint density at radius 2 is 2.20 bits per heavy atom. The predicted octanol–water partition coefficient (Wildman–Crippen LogP) is 2.90. The molecule has 1 aromatic rings. The van der Waals surface area contributed by atoms with Crippen molar-refractivity contribution in [3.8, 4) is 0 Å². The molecule has 1 heterocycles. The van der Waals surface area contributed by atoms with Crippen molar-refractivity contribution in [1.29, 1.82) is 0 Å². The van der Waals surface area contributed by atoms with E-state index in [0.29, 0.717) is 24.5 Å². The summed E-state index contributed by atoms with van der Waals surface area (Å²) in [7, 11) is 1.93. The molecule has 0 spiro atoms. The Morgan fingerprint density at radius 3 is 2.75 bits per heavy atom. The molecule has 0 amide bonds. The van der Waals surface area contributed by atoms with Crippen LogP contribution in [0.5, 0.6) is 0 Å². The molecule has 0 aliphatic heterocycles. The molecule has 1 aromatic heterocycles. The average molecular weight is 279 g/mol. The van der Waals surface area contributed by atoms with E-state index in [4.69, 9.17) is 10.5 Å². The molecule has 114 valence electrons. The summed E-state index contributed by atoms with van der Waals surface area (Å²) in [5, 5.41) is 4.23. The van der Waals surface area contributed by atoms with Crippen LogP contribution in [0.15, 0.2) is 12.4 Å². The Balaban J connectivity index is 2.07. The second-order valence-corrected chi connectivity index (χ2v) is 6.67. The molecule has 1 aliphatic rings. The molecule has 4 atom stereocenters. The molecule has 0 bridgehead atoms. The monoisotopic (exact) mass is 279 g/mol. The van der Waals surface area contributed by atoms with Crippen LogP contribution < -0.4 is 5.73 Å². The van der Waals surface area contributed by atoms with E-state index in [-0.39, 0.29) is 6.10 Å². The number of aryl methyl sites for hydroxylation is 1. The van der Waals surface area contributed by atoms with Crippen molar-refractivity contribution in [2.45, 2.75) is 52.2 Å². The Labute approximate surface area is 122 Å². The van der Waals surface area contributed by atoms with Gasteiger partial charge in [0.1, 0.15) is 0 Å². The molecule has 4 unspecified atom stereocenters. The molecule has 0 aromatic carbocycles. The highest BCUT2D eigenvalue weighted by molar-refractivity contribution is 5.09. The van der Waals surface area contributed by atoms with Gasteiger partial charge < -0.3 is 10.5 Å². The molecule has 1 saturated carbocycles. The zero-order valence-electron chi connectivity index (χ0n) is 13.2. The maximum absolute atomic E-state index is 6.41. The van der Waals surface area contributed by atoms with Crippen LogP contribution in [0.1, 0.15) is 51.7 Å². The molecule has 0 radical (unpaired) electrons. The first-order valence-corrected chi connectivity index (χ1v) is 7.85. The summed E-state index contributed by atoms with van der Waals surface area (Å²) in [6.45, 7) is 7.45. The fraction of sp³-hybridized carbons (Fsp3) is 0.812. The number of nitrogens with zero attached hydrogens (tertiary/aromatic N) is 2. The molecule has 2 rings (SSSR count). The van der Waals surface area contributed by atoms with Gasteiger partial charge in [0.15, 0.2) is 0 Å². The highest BCUT2D eigenvalue weighted by atomic mass is 16.5. The Kier molecular flexibility index (Phi) is 5.22. The van der Waals surface area contributed by atoms with Gasteiger partial charge in [0.25, 0.3) is 0 Å². The molecular formula is C16H29N3O. The number of hydrogen-bond acceptors (Lipinski definition) is 3. The third-order valence-corrected chi connectivity index (χ3v) is 4.61. The molecule has 1 fully saturated rings. The van der Waals surface area contributed by atoms with Crippen molar-refractivity contribution < 1.29 is 4.74 Å². The minimum atomic E-state index is -0.0275. The molecule has 0 saturated heterocycles. The van der Waals surface area contributed by atoms with Crippen LogP contribution >= 0.6 is 0 Å². The number of hydrogen-bond donors (Lipinski definition) is 1. The fourth-order valence-electron chi connectivity index (χ4n) is 3.36. The van der Waals surface area contributed by atoms with E-state index in [1.54, 1.807) is 0 Å². The smallest absolute Gasteiger partial charge is 0.0981 e. The largest absolute Gasteiger partial charge is 0.369 e. The zero-order valence-corrected chi connectivity index (χ0v) is 13.2. The molecule has 1 aliphatic carbocycles. The maximum Gasteiger partial charge on any atom is 0.0981 e. The first-order chi connectivity index (χ1) is 9.51. The van der Waals surface area contributed by atoms with Crippen LogP contribution in [0.25, 0.3) is 0 Å². The minimum absolute atomic E-state index is 0.0275. The topological polar surface area (TPSA) is 53.1 Å². The van der Waals surface area contributed by atoms with Crippen molar-refractivity contribution in [3.05, 3.63) is 18.0 Å². The summed E-state index contributed by atoms with van der Waals surface area (Å²) in [5.74, 6) is 2.07. The van der Waals surface area contributed by atoms with E-state index in [1.165, 1.54) is 12.8 Å². The Morgan fingerprint density at radius 1 is 1.45 bits per heavy atom. The van der Waals surface area contributed by atoms with Crippen LogP contribution in [-0.4, -0.2) is 22.4 Å². The highest BCUT2D eigenvalue weighted by Gasteiger charge is 2.33. The normalized spacial score (nSPS) is 28.8. The van der Waals surface area contributed by atoms with Gasteiger partial charge in [0.2, 0.25) is 0 Å². The van der Waals surface area contributed by atoms with Crippen molar-refractivity contribution >= 4 is 0 Å². The number of ether oxygens (including phenoxy) is 1. The standard InChI is InChI=1S/C16H29N3O/c1-11(2)14-6-5-12(3)7-15(14)20-16(8-17)13-9-18-19(4)10-13/h9-12,14-16H,5-8,17H2,1-4H3. The van der Waals surface area contributed by atoms with Gasteiger partial charge >= 0.3 is 0 Å². The summed E-state index contributed by atoms with van der Waals surface area (Å²) < 4.78 is 8.22. The molecule has 20 heavy (non-hydrogen) atoms. The second-order valence-electron chi connectivity index (χ2n) is 6.67. The van der Waals surface area contributed by atoms with Gasteiger partial charge in [-0.2, -0.15) is 5.10 Å². The molecular weight excluding hydrogens is 250 g/mol. The minimum Gasteiger partial charge on any atom is -0.369 e. The van der Waals surface area contributed by atoms with E-state index in [1.807, 2.05) is 24.1 Å². The van der Waals surface area contributed by atoms with E-state index >= 15 is 0 Å². The van der Waals surface area contributed by atoms with Gasteiger partial charge in [0, 0.05) is 25.4 Å². The van der Waals surface area contributed by atoms with Gasteiger partial charge in [0.05, 0.1) is 18.4 Å². The van der Waals surface area contributed by atoms with Crippen LogP contribution in [0.4, 0.5) is 0 Å². The van der Waals surface area contributed by atoms with E-state index < -0.39 is 0 Å². The summed E-state index contributed by atoms with van der Waals surface area (Å²) in [5.41, 5.74) is 7.02.